The summed E-state index contributed by atoms with van der Waals surface area (Å²) in [4.78, 5) is 11.2. The lowest BCUT2D eigenvalue weighted by atomic mass is 9.89. The Bertz CT molecular complexity index is 773. The third-order valence-electron chi connectivity index (χ3n) is 4.30. The maximum absolute atomic E-state index is 13.7. The molecule has 0 bridgehead atoms. The number of amides is 1. The minimum absolute atomic E-state index is 0. The van der Waals surface area contributed by atoms with Crippen LogP contribution in [0.2, 0.25) is 0 Å². The first-order valence-corrected chi connectivity index (χ1v) is 8.68. The van der Waals surface area contributed by atoms with E-state index in [0.29, 0.717) is 0 Å². The second-order valence-corrected chi connectivity index (χ2v) is 8.14. The molecule has 218 valence electrons. The Morgan fingerprint density at radius 1 is 0.583 bits per heavy atom. The van der Waals surface area contributed by atoms with Crippen LogP contribution in [0.25, 0.3) is 0 Å². The first-order chi connectivity index (χ1) is 14.9. The molecule has 0 aromatic rings. The van der Waals surface area contributed by atoms with Crippen LogP contribution in [0.3, 0.4) is 0 Å². The minimum Gasteiger partial charge on any atom is -1.00 e. The highest BCUT2D eigenvalue weighted by atomic mass is 127. The minimum atomic E-state index is -8.72. The number of halogens is 18. The van der Waals surface area contributed by atoms with Gasteiger partial charge in [0.05, 0.1) is 27.7 Å². The van der Waals surface area contributed by atoms with Crippen molar-refractivity contribution in [2.45, 2.75) is 54.1 Å². The average Bonchev–Trinajstić information content (AvgIpc) is 2.62. The Kier molecular flexibility index (Phi) is 10.6. The van der Waals surface area contributed by atoms with Crippen LogP contribution in [-0.2, 0) is 4.79 Å². The van der Waals surface area contributed by atoms with Crippen molar-refractivity contribution in [3.63, 3.8) is 0 Å². The molecule has 0 aliphatic carbocycles. The number of rotatable bonds is 11. The summed E-state index contributed by atoms with van der Waals surface area (Å²) in [5.41, 5.74) is 0. The lowest BCUT2D eigenvalue weighted by Crippen LogP contribution is -3.00. The highest BCUT2D eigenvalue weighted by molar-refractivity contribution is 5.84. The van der Waals surface area contributed by atoms with Crippen LogP contribution in [0.1, 0.15) is 6.42 Å². The normalized spacial score (nSPS) is 15.4. The van der Waals surface area contributed by atoms with Gasteiger partial charge in [-0.25, -0.2) is 0 Å². The number of alkyl halides is 17. The smallest absolute Gasteiger partial charge is 0.460 e. The maximum Gasteiger partial charge on any atom is 0.460 e. The van der Waals surface area contributed by atoms with Crippen LogP contribution >= 0.6 is 0 Å². The van der Waals surface area contributed by atoms with Crippen LogP contribution in [0.5, 0.6) is 0 Å². The Morgan fingerprint density at radius 2 is 0.889 bits per heavy atom. The fourth-order valence-corrected chi connectivity index (χ4v) is 2.17. The van der Waals surface area contributed by atoms with Gasteiger partial charge in [-0.15, -0.1) is 0 Å². The Balaban J connectivity index is 0. The van der Waals surface area contributed by atoms with Crippen molar-refractivity contribution >= 4 is 5.91 Å². The SMILES string of the molecule is C[N+](C)(C)CCCNC(=O)C(F)(F)C(F)(F)C(F)(F)C(F)(F)C(F)(F)C(F)(F)C(F)(F)C(F)(F)F.[I-]. The number of nitrogens with zero attached hydrogens (tertiary/aromatic N) is 1. The van der Waals surface area contributed by atoms with Gasteiger partial charge in [0.25, 0.3) is 5.91 Å². The quantitative estimate of drug-likeness (QED) is 0.154. The first kappa shape index (κ1) is 37.1. The van der Waals surface area contributed by atoms with Crippen LogP contribution in [0.4, 0.5) is 74.6 Å². The largest absolute Gasteiger partial charge is 1.00 e. The van der Waals surface area contributed by atoms with Crippen molar-refractivity contribution in [2.24, 2.45) is 0 Å². The van der Waals surface area contributed by atoms with E-state index in [1.54, 1.807) is 0 Å². The zero-order valence-electron chi connectivity index (χ0n) is 17.8. The van der Waals surface area contributed by atoms with Crippen molar-refractivity contribution < 1.29 is 108 Å². The molecule has 0 aliphatic heterocycles. The molecule has 0 unspecified atom stereocenters. The van der Waals surface area contributed by atoms with Gasteiger partial charge in [0, 0.05) is 13.0 Å². The van der Waals surface area contributed by atoms with E-state index in [4.69, 9.17) is 0 Å². The van der Waals surface area contributed by atoms with Crippen molar-refractivity contribution in [3.8, 4) is 0 Å². The summed E-state index contributed by atoms with van der Waals surface area (Å²) in [6, 6.07) is 0. The van der Waals surface area contributed by atoms with E-state index in [1.165, 1.54) is 21.1 Å². The van der Waals surface area contributed by atoms with Gasteiger partial charge < -0.3 is 33.8 Å². The van der Waals surface area contributed by atoms with E-state index in [1.807, 2.05) is 0 Å². The van der Waals surface area contributed by atoms with Gasteiger partial charge in [-0.1, -0.05) is 0 Å². The summed E-state index contributed by atoms with van der Waals surface area (Å²) in [5, 5.41) is 0.877. The molecule has 3 nitrogen and oxygen atoms in total. The lowest BCUT2D eigenvalue weighted by molar-refractivity contribution is -0.870. The number of hydrogen-bond donors (Lipinski definition) is 1. The molecular weight excluding hydrogens is 674 g/mol. The second kappa shape index (κ2) is 10.3. The van der Waals surface area contributed by atoms with E-state index >= 15 is 0 Å². The summed E-state index contributed by atoms with van der Waals surface area (Å²) < 4.78 is 223. The zero-order valence-corrected chi connectivity index (χ0v) is 19.9. The maximum atomic E-state index is 13.7. The van der Waals surface area contributed by atoms with E-state index in [0.717, 1.165) is 5.32 Å². The third-order valence-corrected chi connectivity index (χ3v) is 4.30. The van der Waals surface area contributed by atoms with Gasteiger partial charge >= 0.3 is 47.6 Å². The van der Waals surface area contributed by atoms with Crippen LogP contribution in [0, 0.1) is 0 Å². The van der Waals surface area contributed by atoms with Gasteiger partial charge in [-0.05, 0) is 0 Å². The monoisotopic (exact) mass is 690 g/mol. The molecule has 36 heavy (non-hydrogen) atoms. The molecule has 0 aliphatic rings. The van der Waals surface area contributed by atoms with Crippen molar-refractivity contribution in [1.29, 1.82) is 0 Å². The van der Waals surface area contributed by atoms with Crippen LogP contribution in [-0.4, -0.2) is 92.3 Å². The number of quaternary nitrogens is 1. The van der Waals surface area contributed by atoms with E-state index in [-0.39, 0.29) is 41.4 Å². The van der Waals surface area contributed by atoms with Gasteiger partial charge in [-0.2, -0.15) is 74.6 Å². The highest BCUT2D eigenvalue weighted by Gasteiger charge is 2.95. The van der Waals surface area contributed by atoms with Gasteiger partial charge in [-0.3, -0.25) is 4.79 Å². The van der Waals surface area contributed by atoms with E-state index in [9.17, 15) is 79.4 Å². The van der Waals surface area contributed by atoms with E-state index in [2.05, 4.69) is 0 Å². The summed E-state index contributed by atoms with van der Waals surface area (Å²) in [6.07, 6.45) is -8.15. The molecule has 0 radical (unpaired) electrons. The van der Waals surface area contributed by atoms with Crippen molar-refractivity contribution in [1.82, 2.24) is 5.32 Å². The summed E-state index contributed by atoms with van der Waals surface area (Å²) in [5.74, 6) is -61.3. The molecule has 0 fully saturated rings. The van der Waals surface area contributed by atoms with Crippen molar-refractivity contribution in [3.05, 3.63) is 0 Å². The molecular formula is C15H16F17IN2O. The first-order valence-electron chi connectivity index (χ1n) is 8.68. The Hall–Kier alpha value is -1.03. The highest BCUT2D eigenvalue weighted by Crippen LogP contribution is 2.63. The number of carbonyl (C=O) groups excluding carboxylic acids is 1. The summed E-state index contributed by atoms with van der Waals surface area (Å²) >= 11 is 0. The molecule has 0 saturated heterocycles. The molecule has 21 heteroatoms. The molecule has 0 atom stereocenters. The molecule has 1 amide bonds. The molecule has 0 spiro atoms. The summed E-state index contributed by atoms with van der Waals surface area (Å²) in [6.45, 7) is -1.00. The van der Waals surface area contributed by atoms with Crippen molar-refractivity contribution in [2.75, 3.05) is 34.2 Å². The molecule has 1 N–H and O–H groups in total. The summed E-state index contributed by atoms with van der Waals surface area (Å²) in [7, 11) is 4.47. The van der Waals surface area contributed by atoms with Gasteiger partial charge in [0.1, 0.15) is 0 Å². The standard InChI is InChI=1S/C15H15F17N2O.HI/c1-34(2,3)6-4-5-33-7(35)8(16,17)9(18,19)10(20,21)11(22,23)12(24,25)13(26,27)14(28,29)15(30,31)32;/h4-6H2,1-3H3;1H. The molecule has 0 aromatic heterocycles. The molecule has 0 aromatic carbocycles. The predicted molar refractivity (Wildman–Crippen MR) is 81.2 cm³/mol. The van der Waals surface area contributed by atoms with Gasteiger partial charge in [0.2, 0.25) is 0 Å². The second-order valence-electron chi connectivity index (χ2n) is 8.14. The van der Waals surface area contributed by atoms with E-state index < -0.39 is 60.1 Å². The lowest BCUT2D eigenvalue weighted by Gasteiger charge is -2.42. The Morgan fingerprint density at radius 3 is 1.19 bits per heavy atom. The fourth-order valence-electron chi connectivity index (χ4n) is 2.17. The average molecular weight is 690 g/mol. The number of nitrogens with one attached hydrogen (secondary N) is 1. The number of hydrogen-bond acceptors (Lipinski definition) is 1. The topological polar surface area (TPSA) is 29.1 Å². The van der Waals surface area contributed by atoms with Crippen LogP contribution < -0.4 is 29.3 Å². The molecule has 0 heterocycles. The predicted octanol–water partition coefficient (Wildman–Crippen LogP) is 2.21. The fraction of sp³-hybridized carbons (Fsp3) is 0.933. The van der Waals surface area contributed by atoms with Gasteiger partial charge in [0.15, 0.2) is 0 Å². The number of carbonyl (C=O) groups is 1. The Labute approximate surface area is 207 Å². The zero-order chi connectivity index (χ0) is 28.9. The molecule has 0 saturated carbocycles. The third kappa shape index (κ3) is 5.84. The van der Waals surface area contributed by atoms with Crippen LogP contribution in [0.15, 0.2) is 0 Å². The molecule has 0 rings (SSSR count).